The second kappa shape index (κ2) is 4.34. The van der Waals surface area contributed by atoms with Crippen molar-refractivity contribution in [1.82, 2.24) is 4.98 Å². The van der Waals surface area contributed by atoms with Crippen molar-refractivity contribution in [2.45, 2.75) is 6.42 Å². The maximum Gasteiger partial charge on any atom is 0.0670 e. The molecule has 0 aliphatic carbocycles. The summed E-state index contributed by atoms with van der Waals surface area (Å²) in [6.45, 7) is 0. The largest absolute Gasteiger partial charge is 0.265 e. The lowest BCUT2D eigenvalue weighted by Crippen LogP contribution is -1.94. The van der Waals surface area contributed by atoms with Crippen molar-refractivity contribution in [1.29, 1.82) is 0 Å². The Kier molecular flexibility index (Phi) is 2.54. The summed E-state index contributed by atoms with van der Waals surface area (Å²) >= 11 is 0. The average Bonchev–Trinajstić information content (AvgIpc) is 2.90. The minimum absolute atomic E-state index is 0.904. The van der Waals surface area contributed by atoms with Gasteiger partial charge >= 0.3 is 0 Å². The fourth-order valence-electron chi connectivity index (χ4n) is 1.95. The van der Waals surface area contributed by atoms with E-state index in [1.807, 2.05) is 30.3 Å². The van der Waals surface area contributed by atoms with Crippen molar-refractivity contribution in [3.63, 3.8) is 0 Å². The van der Waals surface area contributed by atoms with Crippen LogP contribution in [-0.4, -0.2) is 10.7 Å². The highest BCUT2D eigenvalue weighted by atomic mass is 14.8. The minimum Gasteiger partial charge on any atom is -0.265 e. The van der Waals surface area contributed by atoms with E-state index in [-0.39, 0.29) is 0 Å². The molecule has 0 radical (unpaired) electrons. The Hall–Kier alpha value is -2.22. The van der Waals surface area contributed by atoms with E-state index in [4.69, 9.17) is 0 Å². The van der Waals surface area contributed by atoms with Gasteiger partial charge < -0.3 is 0 Å². The van der Waals surface area contributed by atoms with E-state index in [0.717, 1.165) is 23.4 Å². The molecule has 82 valence electrons. The normalized spacial score (nSPS) is 14.4. The molecule has 0 atom stereocenters. The molecule has 1 aliphatic heterocycles. The predicted octanol–water partition coefficient (Wildman–Crippen LogP) is 3.32. The molecule has 0 saturated heterocycles. The zero-order valence-electron chi connectivity index (χ0n) is 9.38. The lowest BCUT2D eigenvalue weighted by molar-refractivity contribution is 1.31. The van der Waals surface area contributed by atoms with Crippen LogP contribution in [0.3, 0.4) is 0 Å². The number of nitrogens with zero attached hydrogens (tertiary/aromatic N) is 2. The zero-order valence-corrected chi connectivity index (χ0v) is 9.38. The molecule has 0 unspecified atom stereocenters. The van der Waals surface area contributed by atoms with Crippen LogP contribution in [-0.2, 0) is 0 Å². The number of pyridine rings is 1. The summed E-state index contributed by atoms with van der Waals surface area (Å²) < 4.78 is 0. The lowest BCUT2D eigenvalue weighted by Gasteiger charge is -1.99. The van der Waals surface area contributed by atoms with Gasteiger partial charge in [0.2, 0.25) is 0 Å². The molecule has 3 rings (SSSR count). The summed E-state index contributed by atoms with van der Waals surface area (Å²) in [6, 6.07) is 14.3. The number of allylic oxidation sites excluding steroid dienone is 1. The summed E-state index contributed by atoms with van der Waals surface area (Å²) in [6.07, 6.45) is 6.66. The van der Waals surface area contributed by atoms with Crippen LogP contribution in [0, 0.1) is 0 Å². The summed E-state index contributed by atoms with van der Waals surface area (Å²) in [5.41, 5.74) is 4.52. The van der Waals surface area contributed by atoms with Gasteiger partial charge in [0.1, 0.15) is 0 Å². The third-order valence-electron chi connectivity index (χ3n) is 2.83. The third-order valence-corrected chi connectivity index (χ3v) is 2.83. The van der Waals surface area contributed by atoms with Gasteiger partial charge in [-0.1, -0.05) is 36.4 Å². The van der Waals surface area contributed by atoms with Crippen molar-refractivity contribution in [2.75, 3.05) is 0 Å². The van der Waals surface area contributed by atoms with E-state index in [0.29, 0.717) is 0 Å². The maximum absolute atomic E-state index is 4.68. The second-order valence-electron chi connectivity index (χ2n) is 3.95. The number of hydrogen-bond donors (Lipinski definition) is 0. The van der Waals surface area contributed by atoms with E-state index in [9.17, 15) is 0 Å². The van der Waals surface area contributed by atoms with Crippen LogP contribution in [0.5, 0.6) is 0 Å². The van der Waals surface area contributed by atoms with Crippen LogP contribution in [0.15, 0.2) is 65.9 Å². The molecule has 0 bridgehead atoms. The molecule has 0 saturated carbocycles. The quantitative estimate of drug-likeness (QED) is 0.762. The highest BCUT2D eigenvalue weighted by Gasteiger charge is 2.11. The molecular formula is C15H12N2. The standard InChI is InChI=1S/C15H12N2/c1-2-4-12(5-3-1)14-6-7-15(17-14)13-8-10-16-11-9-13/h1-5,7-11H,6H2. The molecule has 0 spiro atoms. The van der Waals surface area contributed by atoms with Gasteiger partial charge in [0, 0.05) is 24.4 Å². The van der Waals surface area contributed by atoms with Crippen LogP contribution in [0.2, 0.25) is 0 Å². The van der Waals surface area contributed by atoms with E-state index in [2.05, 4.69) is 28.2 Å². The lowest BCUT2D eigenvalue weighted by atomic mass is 10.1. The summed E-state index contributed by atoms with van der Waals surface area (Å²) in [5, 5.41) is 0. The number of benzene rings is 1. The van der Waals surface area contributed by atoms with Gasteiger partial charge in [-0.2, -0.15) is 0 Å². The van der Waals surface area contributed by atoms with Gasteiger partial charge in [0.15, 0.2) is 0 Å². The molecule has 1 aromatic heterocycles. The average molecular weight is 220 g/mol. The molecule has 0 amide bonds. The monoisotopic (exact) mass is 220 g/mol. The van der Waals surface area contributed by atoms with Gasteiger partial charge in [-0.3, -0.25) is 9.98 Å². The molecule has 1 aliphatic rings. The first-order chi connectivity index (χ1) is 8.43. The Labute approximate surface area is 100 Å². The Balaban J connectivity index is 1.91. The highest BCUT2D eigenvalue weighted by molar-refractivity contribution is 6.07. The number of hydrogen-bond acceptors (Lipinski definition) is 2. The van der Waals surface area contributed by atoms with E-state index < -0.39 is 0 Å². The summed E-state index contributed by atoms with van der Waals surface area (Å²) in [4.78, 5) is 8.70. The number of aliphatic imine (C=N–C) groups is 1. The summed E-state index contributed by atoms with van der Waals surface area (Å²) in [5.74, 6) is 0. The van der Waals surface area contributed by atoms with Crippen LogP contribution in [0.25, 0.3) is 5.70 Å². The van der Waals surface area contributed by atoms with Gasteiger partial charge in [-0.15, -0.1) is 0 Å². The van der Waals surface area contributed by atoms with Gasteiger partial charge in [0.05, 0.1) is 11.4 Å². The fraction of sp³-hybridized carbons (Fsp3) is 0.0667. The van der Waals surface area contributed by atoms with E-state index >= 15 is 0 Å². The Morgan fingerprint density at radius 3 is 2.35 bits per heavy atom. The van der Waals surface area contributed by atoms with Gasteiger partial charge in [-0.05, 0) is 17.7 Å². The third kappa shape index (κ3) is 2.02. The first-order valence-corrected chi connectivity index (χ1v) is 5.67. The van der Waals surface area contributed by atoms with E-state index in [1.54, 1.807) is 12.4 Å². The van der Waals surface area contributed by atoms with Crippen LogP contribution < -0.4 is 0 Å². The second-order valence-corrected chi connectivity index (χ2v) is 3.95. The Bertz CT molecular complexity index is 568. The topological polar surface area (TPSA) is 25.2 Å². The van der Waals surface area contributed by atoms with Crippen molar-refractivity contribution in [3.05, 3.63) is 72.1 Å². The number of aromatic nitrogens is 1. The molecular weight excluding hydrogens is 208 g/mol. The maximum atomic E-state index is 4.68. The molecule has 0 N–H and O–H groups in total. The van der Waals surface area contributed by atoms with Crippen LogP contribution in [0.1, 0.15) is 17.5 Å². The summed E-state index contributed by atoms with van der Waals surface area (Å²) in [7, 11) is 0. The molecule has 0 fully saturated rings. The Morgan fingerprint density at radius 2 is 1.59 bits per heavy atom. The fourth-order valence-corrected chi connectivity index (χ4v) is 1.95. The van der Waals surface area contributed by atoms with Crippen molar-refractivity contribution >= 4 is 11.4 Å². The van der Waals surface area contributed by atoms with Crippen molar-refractivity contribution < 1.29 is 0 Å². The zero-order chi connectivity index (χ0) is 11.5. The first-order valence-electron chi connectivity index (χ1n) is 5.67. The van der Waals surface area contributed by atoms with Gasteiger partial charge in [-0.25, -0.2) is 0 Å². The SMILES string of the molecule is C1=C(c2ccncc2)N=C(c2ccccc2)C1. The van der Waals surface area contributed by atoms with Gasteiger partial charge in [0.25, 0.3) is 0 Å². The minimum atomic E-state index is 0.904. The molecule has 2 heteroatoms. The first kappa shape index (κ1) is 9.97. The van der Waals surface area contributed by atoms with E-state index in [1.165, 1.54) is 5.56 Å². The molecule has 17 heavy (non-hydrogen) atoms. The van der Waals surface area contributed by atoms with Crippen LogP contribution in [0.4, 0.5) is 0 Å². The van der Waals surface area contributed by atoms with Crippen molar-refractivity contribution in [3.8, 4) is 0 Å². The highest BCUT2D eigenvalue weighted by Crippen LogP contribution is 2.24. The molecule has 1 aromatic carbocycles. The molecule has 2 heterocycles. The predicted molar refractivity (Wildman–Crippen MR) is 69.8 cm³/mol. The molecule has 2 nitrogen and oxygen atoms in total. The van der Waals surface area contributed by atoms with Crippen molar-refractivity contribution in [2.24, 2.45) is 4.99 Å². The molecule has 2 aromatic rings. The van der Waals surface area contributed by atoms with Crippen LogP contribution >= 0.6 is 0 Å². The smallest absolute Gasteiger partial charge is 0.0670 e. The number of rotatable bonds is 2. The Morgan fingerprint density at radius 1 is 0.824 bits per heavy atom.